The molecule has 2 heterocycles. The van der Waals surface area contributed by atoms with Gasteiger partial charge in [0.2, 0.25) is 23.6 Å². The van der Waals surface area contributed by atoms with Crippen molar-refractivity contribution in [3.8, 4) is 17.2 Å². The molecule has 2 aliphatic carbocycles. The van der Waals surface area contributed by atoms with Gasteiger partial charge in [-0.05, 0) is 74.6 Å². The third-order valence-electron chi connectivity index (χ3n) is 10.4. The van der Waals surface area contributed by atoms with Crippen molar-refractivity contribution >= 4 is 41.0 Å². The Labute approximate surface area is 269 Å². The average Bonchev–Trinajstić information content (AvgIpc) is 3.42. The van der Waals surface area contributed by atoms with E-state index in [0.717, 1.165) is 22.6 Å². The van der Waals surface area contributed by atoms with Crippen LogP contribution in [0.5, 0.6) is 17.2 Å². The molecule has 3 fully saturated rings. The molecule has 0 spiro atoms. The Balaban J connectivity index is 1.35. The van der Waals surface area contributed by atoms with E-state index in [2.05, 4.69) is 0 Å². The number of aromatic carboxylic acids is 1. The molecule has 3 N–H and O–H groups in total. The summed E-state index contributed by atoms with van der Waals surface area (Å²) in [6.45, 7) is 3.85. The van der Waals surface area contributed by atoms with Gasteiger partial charge in [-0.2, -0.15) is 0 Å². The van der Waals surface area contributed by atoms with Gasteiger partial charge in [-0.3, -0.25) is 19.2 Å². The van der Waals surface area contributed by atoms with E-state index < -0.39 is 58.5 Å². The molecule has 11 nitrogen and oxygen atoms in total. The highest BCUT2D eigenvalue weighted by atomic mass is 16.5. The van der Waals surface area contributed by atoms with Crippen LogP contribution in [0, 0.1) is 29.1 Å². The van der Waals surface area contributed by atoms with Gasteiger partial charge >= 0.3 is 5.97 Å². The van der Waals surface area contributed by atoms with Crippen LogP contribution in [0.4, 0.5) is 11.4 Å². The second kappa shape index (κ2) is 10.8. The first-order valence-corrected chi connectivity index (χ1v) is 15.5. The lowest BCUT2D eigenvalue weighted by Crippen LogP contribution is -2.48. The standard InChI is InChI=1S/C36H32N2O9/c1-3-47-28-15-18(9-14-26(28)39)30-21-12-13-23-29(33(43)37(31(23)41)20-10-11-22(34(44)45)27(40)16-20)24(21)17-25-32(42)38(35(46)36(25,30)2)19-7-5-4-6-8-19/h4-12,14-16,23-25,29-30,39-40H,3,13,17H2,1-2H3,(H,44,45). The van der Waals surface area contributed by atoms with Crippen LogP contribution in [0.25, 0.3) is 0 Å². The second-order valence-corrected chi connectivity index (χ2v) is 12.7. The number of nitrogens with zero attached hydrogens (tertiary/aromatic N) is 2. The van der Waals surface area contributed by atoms with Crippen LogP contribution in [0.3, 0.4) is 0 Å². The van der Waals surface area contributed by atoms with E-state index >= 15 is 0 Å². The van der Waals surface area contributed by atoms with Crippen LogP contribution in [0.1, 0.15) is 48.5 Å². The lowest BCUT2D eigenvalue weighted by molar-refractivity contribution is -0.131. The monoisotopic (exact) mass is 636 g/mol. The third-order valence-corrected chi connectivity index (χ3v) is 10.4. The minimum absolute atomic E-state index is 0.0536. The van der Waals surface area contributed by atoms with E-state index in [1.54, 1.807) is 56.3 Å². The molecule has 2 saturated heterocycles. The number of phenolic OH excluding ortho intramolecular Hbond substituents is 1. The number of para-hydroxylation sites is 1. The number of rotatable bonds is 6. The van der Waals surface area contributed by atoms with Gasteiger partial charge in [0.25, 0.3) is 0 Å². The lowest BCUT2D eigenvalue weighted by Gasteiger charge is -2.49. The molecule has 0 radical (unpaired) electrons. The molecule has 11 heteroatoms. The summed E-state index contributed by atoms with van der Waals surface area (Å²) in [6, 6.07) is 17.1. The zero-order valence-corrected chi connectivity index (χ0v) is 25.6. The van der Waals surface area contributed by atoms with Crippen LogP contribution >= 0.6 is 0 Å². The number of carboxylic acid groups (broad SMARTS) is 1. The first-order chi connectivity index (χ1) is 22.5. The van der Waals surface area contributed by atoms with Gasteiger partial charge in [0.05, 0.1) is 41.2 Å². The SMILES string of the molecule is CCOc1cc(C2C3=CCC4C(=O)N(c5ccc(C(=O)O)c(O)c5)C(=O)C4C3CC3C(=O)N(c4ccccc4)C(=O)C32C)ccc1O. The average molecular weight is 637 g/mol. The van der Waals surface area contributed by atoms with E-state index in [9.17, 15) is 39.3 Å². The fourth-order valence-electron chi connectivity index (χ4n) is 8.29. The minimum atomic E-state index is -1.35. The molecule has 0 bridgehead atoms. The van der Waals surface area contributed by atoms with Gasteiger partial charge in [-0.15, -0.1) is 0 Å². The normalized spacial score (nSPS) is 28.1. The van der Waals surface area contributed by atoms with E-state index in [-0.39, 0.29) is 54.0 Å². The van der Waals surface area contributed by atoms with Gasteiger partial charge < -0.3 is 20.1 Å². The van der Waals surface area contributed by atoms with Crippen molar-refractivity contribution in [3.05, 3.63) is 89.5 Å². The molecule has 6 unspecified atom stereocenters. The largest absolute Gasteiger partial charge is 0.507 e. The second-order valence-electron chi connectivity index (χ2n) is 12.7. The highest BCUT2D eigenvalue weighted by Gasteiger charge is 2.67. The van der Waals surface area contributed by atoms with Crippen molar-refractivity contribution in [3.63, 3.8) is 0 Å². The van der Waals surface area contributed by atoms with E-state index in [1.807, 2.05) is 6.08 Å². The number of benzene rings is 3. The Morgan fingerprint density at radius 1 is 0.872 bits per heavy atom. The number of aromatic hydroxyl groups is 2. The number of carbonyl (C=O) groups is 5. The van der Waals surface area contributed by atoms with E-state index in [1.165, 1.54) is 17.0 Å². The molecule has 7 rings (SSSR count). The van der Waals surface area contributed by atoms with E-state index in [0.29, 0.717) is 11.3 Å². The van der Waals surface area contributed by atoms with Crippen molar-refractivity contribution in [2.45, 2.75) is 32.6 Å². The zero-order valence-electron chi connectivity index (χ0n) is 25.6. The molecule has 47 heavy (non-hydrogen) atoms. The van der Waals surface area contributed by atoms with Gasteiger partial charge in [0.15, 0.2) is 11.5 Å². The number of carboxylic acids is 1. The fourth-order valence-corrected chi connectivity index (χ4v) is 8.29. The number of fused-ring (bicyclic) bond motifs is 4. The molecule has 1 saturated carbocycles. The van der Waals surface area contributed by atoms with E-state index in [4.69, 9.17) is 4.74 Å². The highest BCUT2D eigenvalue weighted by molar-refractivity contribution is 6.25. The Morgan fingerprint density at radius 2 is 1.62 bits per heavy atom. The highest BCUT2D eigenvalue weighted by Crippen LogP contribution is 2.64. The number of hydrogen-bond acceptors (Lipinski definition) is 8. The summed E-state index contributed by atoms with van der Waals surface area (Å²) in [5.41, 5.74) is 0.268. The van der Waals surface area contributed by atoms with Crippen LogP contribution in [-0.2, 0) is 19.2 Å². The molecule has 3 aromatic carbocycles. The van der Waals surface area contributed by atoms with Crippen molar-refractivity contribution in [1.29, 1.82) is 0 Å². The van der Waals surface area contributed by atoms with Crippen LogP contribution in [-0.4, -0.2) is 51.5 Å². The number of ether oxygens (including phenoxy) is 1. The van der Waals surface area contributed by atoms with Gasteiger partial charge in [-0.25, -0.2) is 14.6 Å². The first kappa shape index (κ1) is 30.2. The summed E-state index contributed by atoms with van der Waals surface area (Å²) >= 11 is 0. The number of allylic oxidation sites excluding steroid dienone is 2. The molecule has 2 aliphatic heterocycles. The number of phenols is 2. The predicted octanol–water partition coefficient (Wildman–Crippen LogP) is 4.63. The smallest absolute Gasteiger partial charge is 0.339 e. The van der Waals surface area contributed by atoms with Crippen LogP contribution in [0.15, 0.2) is 78.4 Å². The van der Waals surface area contributed by atoms with Gasteiger partial charge in [-0.1, -0.05) is 35.9 Å². The molecule has 4 aliphatic rings. The Kier molecular flexibility index (Phi) is 6.96. The Hall–Kier alpha value is -5.45. The molecule has 0 aromatic heterocycles. The molecular formula is C36H32N2O9. The van der Waals surface area contributed by atoms with Crippen LogP contribution in [0.2, 0.25) is 0 Å². The van der Waals surface area contributed by atoms with Gasteiger partial charge in [0, 0.05) is 12.0 Å². The maximum absolute atomic E-state index is 14.5. The van der Waals surface area contributed by atoms with Crippen LogP contribution < -0.4 is 14.5 Å². The molecule has 240 valence electrons. The summed E-state index contributed by atoms with van der Waals surface area (Å²) in [7, 11) is 0. The van der Waals surface area contributed by atoms with Crippen molar-refractivity contribution < 1.29 is 44.0 Å². The first-order valence-electron chi connectivity index (χ1n) is 15.5. The van der Waals surface area contributed by atoms with Crippen molar-refractivity contribution in [2.75, 3.05) is 16.4 Å². The van der Waals surface area contributed by atoms with Crippen molar-refractivity contribution in [2.24, 2.45) is 29.1 Å². The lowest BCUT2D eigenvalue weighted by atomic mass is 9.51. The molecule has 3 aromatic rings. The zero-order chi connectivity index (χ0) is 33.4. The Bertz CT molecular complexity index is 1900. The fraction of sp³-hybridized carbons (Fsp3) is 0.306. The topological polar surface area (TPSA) is 162 Å². The number of hydrogen-bond donors (Lipinski definition) is 3. The summed E-state index contributed by atoms with van der Waals surface area (Å²) in [4.78, 5) is 70.5. The number of amides is 4. The summed E-state index contributed by atoms with van der Waals surface area (Å²) in [5.74, 6) is -7.25. The van der Waals surface area contributed by atoms with Crippen molar-refractivity contribution in [1.82, 2.24) is 0 Å². The molecule has 6 atom stereocenters. The molecule has 4 amide bonds. The number of anilines is 2. The summed E-state index contributed by atoms with van der Waals surface area (Å²) in [5, 5.41) is 30.2. The maximum atomic E-state index is 14.5. The quantitative estimate of drug-likeness (QED) is 0.259. The third kappa shape index (κ3) is 4.29. The summed E-state index contributed by atoms with van der Waals surface area (Å²) < 4.78 is 5.69. The predicted molar refractivity (Wildman–Crippen MR) is 168 cm³/mol. The number of carbonyl (C=O) groups excluding carboxylic acids is 4. The Morgan fingerprint density at radius 3 is 2.30 bits per heavy atom. The van der Waals surface area contributed by atoms with Gasteiger partial charge in [0.1, 0.15) is 11.3 Å². The number of imide groups is 2. The summed E-state index contributed by atoms with van der Waals surface area (Å²) in [6.07, 6.45) is 2.27. The maximum Gasteiger partial charge on any atom is 0.339 e. The molecular weight excluding hydrogens is 604 g/mol. The minimum Gasteiger partial charge on any atom is -0.507 e.